The Hall–Kier alpha value is -1.46. The van der Waals surface area contributed by atoms with Crippen LogP contribution in [0, 0.1) is 18.6 Å². The minimum atomic E-state index is -1.30. The summed E-state index contributed by atoms with van der Waals surface area (Å²) < 4.78 is 28.7. The molecule has 2 aromatic rings. The molecule has 0 fully saturated rings. The lowest BCUT2D eigenvalue weighted by atomic mass is 10.0. The second kappa shape index (κ2) is 5.50. The topological polar surface area (TPSA) is 38.1 Å². The van der Waals surface area contributed by atoms with Crippen molar-refractivity contribution >= 4 is 11.6 Å². The summed E-state index contributed by atoms with van der Waals surface area (Å²) in [5, 5.41) is 14.7. The molecule has 6 heteroatoms. The zero-order valence-electron chi connectivity index (χ0n) is 11.4. The van der Waals surface area contributed by atoms with Crippen molar-refractivity contribution in [2.45, 2.75) is 32.9 Å². The predicted molar refractivity (Wildman–Crippen MR) is 72.8 cm³/mol. The Bertz CT molecular complexity index is 640. The van der Waals surface area contributed by atoms with Crippen molar-refractivity contribution in [3.63, 3.8) is 0 Å². The van der Waals surface area contributed by atoms with Gasteiger partial charge in [0.25, 0.3) is 0 Å². The molecular formula is C14H15ClF2N2O. The number of benzene rings is 1. The van der Waals surface area contributed by atoms with Gasteiger partial charge in [0, 0.05) is 17.7 Å². The summed E-state index contributed by atoms with van der Waals surface area (Å²) in [6, 6.07) is 2.00. The Morgan fingerprint density at radius 2 is 1.90 bits per heavy atom. The molecule has 1 atom stereocenters. The van der Waals surface area contributed by atoms with E-state index in [2.05, 4.69) is 5.10 Å². The van der Waals surface area contributed by atoms with Crippen LogP contribution in [0.25, 0.3) is 0 Å². The van der Waals surface area contributed by atoms with E-state index in [1.165, 1.54) is 23.9 Å². The van der Waals surface area contributed by atoms with Gasteiger partial charge >= 0.3 is 0 Å². The van der Waals surface area contributed by atoms with Gasteiger partial charge in [0.05, 0.1) is 16.9 Å². The summed E-state index contributed by atoms with van der Waals surface area (Å²) in [5.41, 5.74) is 0.534. The highest BCUT2D eigenvalue weighted by Gasteiger charge is 2.24. The molecule has 2 rings (SSSR count). The maximum atomic E-state index is 13.9. The molecule has 0 aliphatic carbocycles. The Kier molecular flexibility index (Phi) is 4.11. The van der Waals surface area contributed by atoms with Gasteiger partial charge in [-0.15, -0.1) is 0 Å². The van der Waals surface area contributed by atoms with Gasteiger partial charge < -0.3 is 5.11 Å². The molecule has 1 heterocycles. The van der Waals surface area contributed by atoms with Crippen LogP contribution in [0.4, 0.5) is 8.78 Å². The highest BCUT2D eigenvalue weighted by Crippen LogP contribution is 2.32. The largest absolute Gasteiger partial charge is 0.382 e. The van der Waals surface area contributed by atoms with Crippen molar-refractivity contribution in [2.75, 3.05) is 0 Å². The van der Waals surface area contributed by atoms with Gasteiger partial charge in [-0.1, -0.05) is 11.6 Å². The van der Waals surface area contributed by atoms with Gasteiger partial charge in [0.15, 0.2) is 0 Å². The quantitative estimate of drug-likeness (QED) is 0.936. The second-order valence-electron chi connectivity index (χ2n) is 4.94. The van der Waals surface area contributed by atoms with Crippen LogP contribution in [0.3, 0.4) is 0 Å². The molecule has 1 aromatic carbocycles. The van der Waals surface area contributed by atoms with Crippen LogP contribution in [0.1, 0.15) is 42.8 Å². The van der Waals surface area contributed by atoms with E-state index in [0.29, 0.717) is 5.69 Å². The number of halogens is 3. The van der Waals surface area contributed by atoms with Crippen molar-refractivity contribution < 1.29 is 13.9 Å². The molecule has 0 saturated carbocycles. The van der Waals surface area contributed by atoms with Crippen LogP contribution in [0.2, 0.25) is 5.02 Å². The molecule has 20 heavy (non-hydrogen) atoms. The number of aliphatic hydroxyl groups excluding tert-OH is 1. The smallest absolute Gasteiger partial charge is 0.132 e. The van der Waals surface area contributed by atoms with E-state index in [1.807, 2.05) is 13.8 Å². The first kappa shape index (κ1) is 14.9. The Morgan fingerprint density at radius 3 is 2.50 bits per heavy atom. The molecule has 108 valence electrons. The van der Waals surface area contributed by atoms with E-state index in [4.69, 9.17) is 11.6 Å². The number of nitrogens with zero attached hydrogens (tertiary/aromatic N) is 2. The highest BCUT2D eigenvalue weighted by molar-refractivity contribution is 6.31. The molecule has 1 unspecified atom stereocenters. The molecule has 0 bridgehead atoms. The van der Waals surface area contributed by atoms with Gasteiger partial charge in [-0.05, 0) is 32.4 Å². The molecule has 3 nitrogen and oxygen atoms in total. The first-order valence-corrected chi connectivity index (χ1v) is 6.57. The SMILES string of the molecule is Cc1cc(C(O)c2c(Cl)cnn2C(C)C)c(F)cc1F. The van der Waals surface area contributed by atoms with E-state index in [-0.39, 0.29) is 22.2 Å². The van der Waals surface area contributed by atoms with Crippen LogP contribution in [0.15, 0.2) is 18.3 Å². The standard InChI is InChI=1S/C14H15ClF2N2O/c1-7(2)19-13(10(15)6-18-19)14(20)9-4-8(3)11(16)5-12(9)17/h4-7,14,20H,1-3H3. The summed E-state index contributed by atoms with van der Waals surface area (Å²) in [4.78, 5) is 0. The van der Waals surface area contributed by atoms with E-state index in [1.54, 1.807) is 0 Å². The van der Waals surface area contributed by atoms with Crippen LogP contribution < -0.4 is 0 Å². The van der Waals surface area contributed by atoms with Gasteiger partial charge in [0.1, 0.15) is 17.7 Å². The third-order valence-corrected chi connectivity index (χ3v) is 3.40. The van der Waals surface area contributed by atoms with Crippen molar-refractivity contribution in [1.29, 1.82) is 0 Å². The fourth-order valence-corrected chi connectivity index (χ4v) is 2.29. The minimum absolute atomic E-state index is 0.0202. The number of aromatic nitrogens is 2. The predicted octanol–water partition coefficient (Wildman–Crippen LogP) is 3.79. The van der Waals surface area contributed by atoms with Gasteiger partial charge in [-0.25, -0.2) is 8.78 Å². The number of rotatable bonds is 3. The van der Waals surface area contributed by atoms with Crippen LogP contribution in [-0.2, 0) is 0 Å². The molecule has 1 N–H and O–H groups in total. The Labute approximate surface area is 120 Å². The first-order valence-electron chi connectivity index (χ1n) is 6.19. The zero-order valence-corrected chi connectivity index (χ0v) is 12.1. The number of aliphatic hydroxyl groups is 1. The number of aryl methyl sites for hydroxylation is 1. The third-order valence-electron chi connectivity index (χ3n) is 3.11. The van der Waals surface area contributed by atoms with E-state index < -0.39 is 17.7 Å². The maximum Gasteiger partial charge on any atom is 0.132 e. The van der Waals surface area contributed by atoms with E-state index in [9.17, 15) is 13.9 Å². The summed E-state index contributed by atoms with van der Waals surface area (Å²) in [6.07, 6.45) is 0.0979. The van der Waals surface area contributed by atoms with Crippen molar-refractivity contribution in [3.8, 4) is 0 Å². The lowest BCUT2D eigenvalue weighted by Crippen LogP contribution is -2.14. The Morgan fingerprint density at radius 1 is 1.25 bits per heavy atom. The monoisotopic (exact) mass is 300 g/mol. The van der Waals surface area contributed by atoms with Crippen LogP contribution in [0.5, 0.6) is 0 Å². The first-order chi connectivity index (χ1) is 9.32. The van der Waals surface area contributed by atoms with Crippen molar-refractivity contribution in [1.82, 2.24) is 9.78 Å². The average Bonchev–Trinajstić information content (AvgIpc) is 2.75. The van der Waals surface area contributed by atoms with Crippen molar-refractivity contribution in [3.05, 3.63) is 51.8 Å². The number of hydrogen-bond acceptors (Lipinski definition) is 2. The molecule has 0 aliphatic heterocycles. The molecular weight excluding hydrogens is 286 g/mol. The lowest BCUT2D eigenvalue weighted by Gasteiger charge is -2.18. The van der Waals surface area contributed by atoms with Gasteiger partial charge in [0.2, 0.25) is 0 Å². The summed E-state index contributed by atoms with van der Waals surface area (Å²) in [7, 11) is 0. The fourth-order valence-electron chi connectivity index (χ4n) is 2.05. The second-order valence-corrected chi connectivity index (χ2v) is 5.35. The van der Waals surface area contributed by atoms with Gasteiger partial charge in [-0.2, -0.15) is 5.10 Å². The highest BCUT2D eigenvalue weighted by atomic mass is 35.5. The minimum Gasteiger partial charge on any atom is -0.382 e. The molecule has 0 spiro atoms. The van der Waals surface area contributed by atoms with E-state index in [0.717, 1.165) is 6.07 Å². The normalized spacial score (nSPS) is 13.0. The third kappa shape index (κ3) is 2.55. The fraction of sp³-hybridized carbons (Fsp3) is 0.357. The summed E-state index contributed by atoms with van der Waals surface area (Å²) in [5.74, 6) is -1.46. The molecule has 1 aromatic heterocycles. The van der Waals surface area contributed by atoms with Crippen molar-refractivity contribution in [2.24, 2.45) is 0 Å². The molecule has 0 saturated heterocycles. The molecule has 0 radical (unpaired) electrons. The molecule has 0 aliphatic rings. The average molecular weight is 301 g/mol. The Balaban J connectivity index is 2.54. The summed E-state index contributed by atoms with van der Waals surface area (Å²) >= 11 is 6.02. The van der Waals surface area contributed by atoms with Crippen LogP contribution >= 0.6 is 11.6 Å². The van der Waals surface area contributed by atoms with Gasteiger partial charge in [-0.3, -0.25) is 4.68 Å². The lowest BCUT2D eigenvalue weighted by molar-refractivity contribution is 0.200. The maximum absolute atomic E-state index is 13.9. The van der Waals surface area contributed by atoms with E-state index >= 15 is 0 Å². The summed E-state index contributed by atoms with van der Waals surface area (Å²) in [6.45, 7) is 5.24. The number of hydrogen-bond donors (Lipinski definition) is 1. The van der Waals surface area contributed by atoms with Crippen LogP contribution in [-0.4, -0.2) is 14.9 Å². The molecule has 0 amide bonds. The zero-order chi connectivity index (χ0) is 15.0.